The fourth-order valence-corrected chi connectivity index (χ4v) is 3.81. The lowest BCUT2D eigenvalue weighted by Gasteiger charge is -2.33. The van der Waals surface area contributed by atoms with Crippen molar-refractivity contribution >= 4 is 0 Å². The van der Waals surface area contributed by atoms with Crippen LogP contribution < -0.4 is 0 Å². The summed E-state index contributed by atoms with van der Waals surface area (Å²) in [5, 5.41) is 0. The Bertz CT molecular complexity index is 346. The summed E-state index contributed by atoms with van der Waals surface area (Å²) in [7, 11) is 2.28. The smallest absolute Gasteiger partial charge is 0.00157 e. The minimum absolute atomic E-state index is 0.824. The van der Waals surface area contributed by atoms with Crippen LogP contribution in [0.5, 0.6) is 0 Å². The molecule has 0 N–H and O–H groups in total. The van der Waals surface area contributed by atoms with E-state index in [1.807, 2.05) is 0 Å². The summed E-state index contributed by atoms with van der Waals surface area (Å²) < 4.78 is 0. The largest absolute Gasteiger partial charge is 0.306 e. The van der Waals surface area contributed by atoms with Gasteiger partial charge < -0.3 is 4.90 Å². The van der Waals surface area contributed by atoms with Crippen molar-refractivity contribution < 1.29 is 0 Å². The molecule has 1 heterocycles. The second kappa shape index (κ2) is 4.21. The van der Waals surface area contributed by atoms with Gasteiger partial charge in [-0.15, -0.1) is 0 Å². The molecular weight excluding hydrogens is 194 g/mol. The highest BCUT2D eigenvalue weighted by Crippen LogP contribution is 2.44. The molecule has 3 atom stereocenters. The molecule has 1 aliphatic carbocycles. The van der Waals surface area contributed by atoms with Crippen LogP contribution >= 0.6 is 0 Å². The highest BCUT2D eigenvalue weighted by molar-refractivity contribution is 5.22. The molecule has 1 aromatic carbocycles. The second-order valence-corrected chi connectivity index (χ2v) is 5.59. The fraction of sp³-hybridized carbons (Fsp3) is 0.600. The maximum Gasteiger partial charge on any atom is 0.00157 e. The van der Waals surface area contributed by atoms with Gasteiger partial charge in [0.15, 0.2) is 0 Å². The lowest BCUT2D eigenvalue weighted by molar-refractivity contribution is 0.258. The zero-order valence-electron chi connectivity index (χ0n) is 10.1. The Balaban J connectivity index is 1.85. The number of fused-ring (bicyclic) bond motifs is 1. The summed E-state index contributed by atoms with van der Waals surface area (Å²) in [6.45, 7) is 2.64. The summed E-state index contributed by atoms with van der Waals surface area (Å²) in [6.07, 6.45) is 4.28. The summed E-state index contributed by atoms with van der Waals surface area (Å²) in [5.74, 6) is 2.70. The molecule has 0 amide bonds. The van der Waals surface area contributed by atoms with Gasteiger partial charge in [-0.3, -0.25) is 0 Å². The van der Waals surface area contributed by atoms with E-state index in [1.54, 1.807) is 5.56 Å². The van der Waals surface area contributed by atoms with E-state index >= 15 is 0 Å². The average Bonchev–Trinajstić information content (AvgIpc) is 2.70. The predicted molar refractivity (Wildman–Crippen MR) is 67.5 cm³/mol. The van der Waals surface area contributed by atoms with Gasteiger partial charge in [-0.25, -0.2) is 0 Å². The Hall–Kier alpha value is -0.820. The molecule has 1 saturated carbocycles. The topological polar surface area (TPSA) is 3.24 Å². The van der Waals surface area contributed by atoms with Gasteiger partial charge in [0.05, 0.1) is 0 Å². The van der Waals surface area contributed by atoms with Crippen LogP contribution in [-0.4, -0.2) is 25.0 Å². The van der Waals surface area contributed by atoms with Crippen molar-refractivity contribution in [2.45, 2.75) is 25.2 Å². The Morgan fingerprint density at radius 1 is 1.06 bits per heavy atom. The van der Waals surface area contributed by atoms with Gasteiger partial charge in [0.2, 0.25) is 0 Å². The highest BCUT2D eigenvalue weighted by Gasteiger charge is 2.39. The SMILES string of the molecule is CN1C[C@@H]2CCC[C@H](c3ccccc3)[C@H]2C1. The van der Waals surface area contributed by atoms with Crippen molar-refractivity contribution in [2.75, 3.05) is 20.1 Å². The van der Waals surface area contributed by atoms with Crippen LogP contribution in [0.4, 0.5) is 0 Å². The maximum atomic E-state index is 2.52. The number of hydrogen-bond acceptors (Lipinski definition) is 1. The molecule has 1 aliphatic heterocycles. The van der Waals surface area contributed by atoms with E-state index in [0.717, 1.165) is 17.8 Å². The molecule has 1 heteroatoms. The van der Waals surface area contributed by atoms with Crippen molar-refractivity contribution in [1.29, 1.82) is 0 Å². The number of nitrogens with zero attached hydrogens (tertiary/aromatic N) is 1. The van der Waals surface area contributed by atoms with E-state index in [0.29, 0.717) is 0 Å². The van der Waals surface area contributed by atoms with Crippen molar-refractivity contribution in [2.24, 2.45) is 11.8 Å². The van der Waals surface area contributed by atoms with Gasteiger partial charge in [0, 0.05) is 13.1 Å². The van der Waals surface area contributed by atoms with Crippen LogP contribution in [0.1, 0.15) is 30.7 Å². The first kappa shape index (κ1) is 10.3. The van der Waals surface area contributed by atoms with Crippen LogP contribution in [0.25, 0.3) is 0 Å². The van der Waals surface area contributed by atoms with E-state index in [2.05, 4.69) is 42.3 Å². The van der Waals surface area contributed by atoms with Gasteiger partial charge in [-0.2, -0.15) is 0 Å². The second-order valence-electron chi connectivity index (χ2n) is 5.59. The third kappa shape index (κ3) is 1.78. The van der Waals surface area contributed by atoms with Crippen molar-refractivity contribution in [3.8, 4) is 0 Å². The van der Waals surface area contributed by atoms with Crippen LogP contribution in [-0.2, 0) is 0 Å². The normalized spacial score (nSPS) is 34.9. The quantitative estimate of drug-likeness (QED) is 0.695. The van der Waals surface area contributed by atoms with E-state index in [-0.39, 0.29) is 0 Å². The summed E-state index contributed by atoms with van der Waals surface area (Å²) >= 11 is 0. The first-order chi connectivity index (χ1) is 7.84. The monoisotopic (exact) mass is 215 g/mol. The van der Waals surface area contributed by atoms with E-state index in [1.165, 1.54) is 32.4 Å². The van der Waals surface area contributed by atoms with Gasteiger partial charge in [0.1, 0.15) is 0 Å². The third-order valence-corrected chi connectivity index (χ3v) is 4.51. The predicted octanol–water partition coefficient (Wildman–Crippen LogP) is 3.13. The molecule has 1 aromatic rings. The molecule has 0 unspecified atom stereocenters. The molecule has 3 rings (SSSR count). The maximum absolute atomic E-state index is 2.52. The minimum Gasteiger partial charge on any atom is -0.306 e. The number of hydrogen-bond donors (Lipinski definition) is 0. The number of likely N-dealkylation sites (tertiary alicyclic amines) is 1. The standard InChI is InChI=1S/C15H21N/c1-16-10-13-8-5-9-14(15(13)11-16)12-6-3-2-4-7-12/h2-4,6-7,13-15H,5,8-11H2,1H3/t13-,14+,15-/m0/s1. The Morgan fingerprint density at radius 3 is 2.69 bits per heavy atom. The molecule has 0 spiro atoms. The molecule has 1 nitrogen and oxygen atoms in total. The first-order valence-electron chi connectivity index (χ1n) is 6.58. The van der Waals surface area contributed by atoms with E-state index in [4.69, 9.17) is 0 Å². The van der Waals surface area contributed by atoms with Crippen LogP contribution in [0.3, 0.4) is 0 Å². The minimum atomic E-state index is 0.824. The van der Waals surface area contributed by atoms with Crippen molar-refractivity contribution in [3.05, 3.63) is 35.9 Å². The molecular formula is C15H21N. The zero-order valence-corrected chi connectivity index (χ0v) is 10.1. The molecule has 1 saturated heterocycles. The summed E-state index contributed by atoms with van der Waals surface area (Å²) in [6, 6.07) is 11.2. The van der Waals surface area contributed by atoms with Gasteiger partial charge in [-0.05, 0) is 43.2 Å². The van der Waals surface area contributed by atoms with Crippen molar-refractivity contribution in [1.82, 2.24) is 4.90 Å². The molecule has 2 fully saturated rings. The first-order valence-corrected chi connectivity index (χ1v) is 6.58. The van der Waals surface area contributed by atoms with E-state index < -0.39 is 0 Å². The van der Waals surface area contributed by atoms with E-state index in [9.17, 15) is 0 Å². The Morgan fingerprint density at radius 2 is 1.88 bits per heavy atom. The molecule has 16 heavy (non-hydrogen) atoms. The molecule has 0 bridgehead atoms. The fourth-order valence-electron chi connectivity index (χ4n) is 3.81. The number of rotatable bonds is 1. The zero-order chi connectivity index (χ0) is 11.0. The van der Waals surface area contributed by atoms with Crippen LogP contribution in [0, 0.1) is 11.8 Å². The molecule has 0 radical (unpaired) electrons. The lowest BCUT2D eigenvalue weighted by Crippen LogP contribution is -2.25. The van der Waals surface area contributed by atoms with Gasteiger partial charge in [0.25, 0.3) is 0 Å². The van der Waals surface area contributed by atoms with Crippen LogP contribution in [0.2, 0.25) is 0 Å². The summed E-state index contributed by atoms with van der Waals surface area (Å²) in [5.41, 5.74) is 1.58. The van der Waals surface area contributed by atoms with Crippen LogP contribution in [0.15, 0.2) is 30.3 Å². The third-order valence-electron chi connectivity index (χ3n) is 4.51. The molecule has 86 valence electrons. The molecule has 2 aliphatic rings. The average molecular weight is 215 g/mol. The van der Waals surface area contributed by atoms with Gasteiger partial charge >= 0.3 is 0 Å². The van der Waals surface area contributed by atoms with Crippen molar-refractivity contribution in [3.63, 3.8) is 0 Å². The Labute approximate surface area is 98.5 Å². The summed E-state index contributed by atoms with van der Waals surface area (Å²) in [4.78, 5) is 2.52. The molecule has 0 aromatic heterocycles. The number of benzene rings is 1. The lowest BCUT2D eigenvalue weighted by atomic mass is 9.71. The van der Waals surface area contributed by atoms with Gasteiger partial charge in [-0.1, -0.05) is 36.8 Å². The highest BCUT2D eigenvalue weighted by atomic mass is 15.1. The Kier molecular flexibility index (Phi) is 2.72.